The topological polar surface area (TPSA) is 97.1 Å². The van der Waals surface area contributed by atoms with E-state index >= 15 is 0 Å². The molecule has 168 valence electrons. The molecule has 0 atom stereocenters. The molecule has 1 aliphatic rings. The Balaban J connectivity index is 1.30. The molecule has 0 bridgehead atoms. The van der Waals surface area contributed by atoms with E-state index < -0.39 is 21.6 Å². The van der Waals surface area contributed by atoms with Gasteiger partial charge >= 0.3 is 11.6 Å². The Labute approximate surface area is 190 Å². The lowest BCUT2D eigenvalue weighted by molar-refractivity contribution is 0.0440. The fraction of sp³-hybridized carbons (Fsp3) is 0.273. The van der Waals surface area contributed by atoms with Gasteiger partial charge in [0.25, 0.3) is 0 Å². The highest BCUT2D eigenvalue weighted by atomic mass is 35.5. The second-order valence-electron chi connectivity index (χ2n) is 7.32. The average molecular weight is 477 g/mol. The Kier molecular flexibility index (Phi) is 6.61. The van der Waals surface area contributed by atoms with E-state index in [1.165, 1.54) is 10.4 Å². The summed E-state index contributed by atoms with van der Waals surface area (Å²) < 4.78 is 37.2. The van der Waals surface area contributed by atoms with Gasteiger partial charge in [-0.3, -0.25) is 4.90 Å². The van der Waals surface area contributed by atoms with Gasteiger partial charge in [0.2, 0.25) is 10.0 Å². The maximum absolute atomic E-state index is 12.7. The maximum atomic E-state index is 12.7. The molecule has 1 fully saturated rings. The summed E-state index contributed by atoms with van der Waals surface area (Å²) >= 11 is 5.95. The van der Waals surface area contributed by atoms with Crippen LogP contribution in [0.1, 0.15) is 10.4 Å². The van der Waals surface area contributed by atoms with Crippen LogP contribution in [0.2, 0.25) is 5.02 Å². The number of nitrogens with zero attached hydrogens (tertiary/aromatic N) is 2. The van der Waals surface area contributed by atoms with Crippen LogP contribution in [0.25, 0.3) is 11.0 Å². The fourth-order valence-corrected chi connectivity index (χ4v) is 5.14. The van der Waals surface area contributed by atoms with E-state index in [1.807, 2.05) is 4.90 Å². The highest BCUT2D eigenvalue weighted by molar-refractivity contribution is 7.89. The van der Waals surface area contributed by atoms with Crippen LogP contribution in [0, 0.1) is 0 Å². The van der Waals surface area contributed by atoms with Crippen LogP contribution in [0.5, 0.6) is 0 Å². The number of hydrogen-bond acceptors (Lipinski definition) is 7. The molecule has 0 unspecified atom stereocenters. The van der Waals surface area contributed by atoms with Crippen LogP contribution < -0.4 is 5.63 Å². The molecule has 2 aromatic carbocycles. The van der Waals surface area contributed by atoms with Crippen molar-refractivity contribution < 1.29 is 22.4 Å². The third-order valence-electron chi connectivity index (χ3n) is 5.27. The number of carbonyl (C=O) groups excluding carboxylic acids is 1. The lowest BCUT2D eigenvalue weighted by Gasteiger charge is -2.33. The predicted octanol–water partition coefficient (Wildman–Crippen LogP) is 2.61. The van der Waals surface area contributed by atoms with E-state index in [0.29, 0.717) is 48.7 Å². The van der Waals surface area contributed by atoms with Gasteiger partial charge in [0, 0.05) is 43.1 Å². The zero-order chi connectivity index (χ0) is 22.7. The van der Waals surface area contributed by atoms with Crippen LogP contribution in [0.15, 0.2) is 68.7 Å². The number of benzene rings is 2. The standard InChI is InChI=1S/C22H21ClN2O6S/c23-17-6-7-20-16(14-17)15-19(22(27)31-20)21(26)30-13-12-24-8-10-25(11-9-24)32(28,29)18-4-2-1-3-5-18/h1-7,14-15H,8-13H2. The normalized spacial score (nSPS) is 15.7. The van der Waals surface area contributed by atoms with Crippen LogP contribution in [-0.4, -0.2) is 62.9 Å². The molecule has 0 aliphatic carbocycles. The van der Waals surface area contributed by atoms with Gasteiger partial charge in [0.05, 0.1) is 4.90 Å². The van der Waals surface area contributed by atoms with Gasteiger partial charge in [0.1, 0.15) is 17.8 Å². The predicted molar refractivity (Wildman–Crippen MR) is 119 cm³/mol. The van der Waals surface area contributed by atoms with Gasteiger partial charge in [-0.2, -0.15) is 4.31 Å². The highest BCUT2D eigenvalue weighted by Crippen LogP contribution is 2.19. The fourth-order valence-electron chi connectivity index (χ4n) is 3.52. The van der Waals surface area contributed by atoms with Crippen LogP contribution in [-0.2, 0) is 14.8 Å². The van der Waals surface area contributed by atoms with Crippen molar-refractivity contribution in [2.24, 2.45) is 0 Å². The summed E-state index contributed by atoms with van der Waals surface area (Å²) in [5, 5.41) is 0.985. The van der Waals surface area contributed by atoms with Gasteiger partial charge in [-0.15, -0.1) is 0 Å². The summed E-state index contributed by atoms with van der Waals surface area (Å²) in [6, 6.07) is 14.5. The summed E-state index contributed by atoms with van der Waals surface area (Å²) in [5.74, 6) is -0.772. The van der Waals surface area contributed by atoms with E-state index in [9.17, 15) is 18.0 Å². The molecule has 32 heavy (non-hydrogen) atoms. The molecule has 4 rings (SSSR count). The second kappa shape index (κ2) is 9.41. The van der Waals surface area contributed by atoms with Crippen LogP contribution in [0.4, 0.5) is 0 Å². The number of esters is 1. The Bertz CT molecular complexity index is 1280. The minimum Gasteiger partial charge on any atom is -0.461 e. The van der Waals surface area contributed by atoms with Gasteiger partial charge in [-0.25, -0.2) is 18.0 Å². The van der Waals surface area contributed by atoms with Crippen molar-refractivity contribution in [1.82, 2.24) is 9.21 Å². The molecule has 1 saturated heterocycles. The number of sulfonamides is 1. The van der Waals surface area contributed by atoms with Gasteiger partial charge in [0.15, 0.2) is 0 Å². The molecule has 0 spiro atoms. The quantitative estimate of drug-likeness (QED) is 0.398. The van der Waals surface area contributed by atoms with E-state index in [4.69, 9.17) is 20.8 Å². The number of hydrogen-bond donors (Lipinski definition) is 0. The molecule has 10 heteroatoms. The maximum Gasteiger partial charge on any atom is 0.351 e. The van der Waals surface area contributed by atoms with Crippen LogP contribution >= 0.6 is 11.6 Å². The number of piperazine rings is 1. The number of carbonyl (C=O) groups is 1. The molecular formula is C22H21ClN2O6S. The minimum absolute atomic E-state index is 0.0668. The monoisotopic (exact) mass is 476 g/mol. The first-order valence-corrected chi connectivity index (χ1v) is 11.8. The number of halogens is 1. The number of fused-ring (bicyclic) bond motifs is 1. The second-order valence-corrected chi connectivity index (χ2v) is 9.70. The highest BCUT2D eigenvalue weighted by Gasteiger charge is 2.28. The van der Waals surface area contributed by atoms with Crippen molar-refractivity contribution >= 4 is 38.6 Å². The Morgan fingerprint density at radius 3 is 2.47 bits per heavy atom. The third-order valence-corrected chi connectivity index (χ3v) is 7.42. The first kappa shape index (κ1) is 22.5. The average Bonchev–Trinajstić information content (AvgIpc) is 2.79. The largest absolute Gasteiger partial charge is 0.461 e. The van der Waals surface area contributed by atoms with Gasteiger partial charge in [-0.1, -0.05) is 29.8 Å². The number of ether oxygens (including phenoxy) is 1. The molecule has 0 amide bonds. The molecule has 0 N–H and O–H groups in total. The van der Waals surface area contributed by atoms with Crippen molar-refractivity contribution in [3.63, 3.8) is 0 Å². The first-order chi connectivity index (χ1) is 15.3. The van der Waals surface area contributed by atoms with Crippen molar-refractivity contribution in [2.45, 2.75) is 4.90 Å². The molecule has 8 nitrogen and oxygen atoms in total. The van der Waals surface area contributed by atoms with Crippen molar-refractivity contribution in [2.75, 3.05) is 39.3 Å². The van der Waals surface area contributed by atoms with E-state index in [0.717, 1.165) is 0 Å². The van der Waals surface area contributed by atoms with Gasteiger partial charge in [-0.05, 0) is 36.4 Å². The molecule has 0 radical (unpaired) electrons. The van der Waals surface area contributed by atoms with Crippen LogP contribution in [0.3, 0.4) is 0 Å². The third kappa shape index (κ3) is 4.86. The minimum atomic E-state index is -3.51. The Hall–Kier alpha value is -2.72. The summed E-state index contributed by atoms with van der Waals surface area (Å²) in [5.41, 5.74) is -0.637. The zero-order valence-electron chi connectivity index (χ0n) is 17.1. The smallest absolute Gasteiger partial charge is 0.351 e. The lowest BCUT2D eigenvalue weighted by Crippen LogP contribution is -2.49. The number of rotatable bonds is 6. The molecular weight excluding hydrogens is 456 g/mol. The summed E-state index contributed by atoms with van der Waals surface area (Å²) in [6.07, 6.45) is 0. The van der Waals surface area contributed by atoms with Crippen molar-refractivity contribution in [1.29, 1.82) is 0 Å². The van der Waals surface area contributed by atoms with E-state index in [-0.39, 0.29) is 17.1 Å². The molecule has 0 saturated carbocycles. The summed E-state index contributed by atoms with van der Waals surface area (Å²) in [6.45, 7) is 2.22. The van der Waals surface area contributed by atoms with Gasteiger partial charge < -0.3 is 9.15 Å². The SMILES string of the molecule is O=C(OCCN1CCN(S(=O)(=O)c2ccccc2)CC1)c1cc2cc(Cl)ccc2oc1=O. The van der Waals surface area contributed by atoms with E-state index in [1.54, 1.807) is 48.5 Å². The molecule has 1 aliphatic heterocycles. The summed E-state index contributed by atoms with van der Waals surface area (Å²) in [4.78, 5) is 26.7. The molecule has 3 aromatic rings. The van der Waals surface area contributed by atoms with Crippen molar-refractivity contribution in [3.05, 3.63) is 75.6 Å². The van der Waals surface area contributed by atoms with Crippen molar-refractivity contribution in [3.8, 4) is 0 Å². The summed E-state index contributed by atoms with van der Waals surface area (Å²) in [7, 11) is -3.51. The Morgan fingerprint density at radius 2 is 1.75 bits per heavy atom. The zero-order valence-corrected chi connectivity index (χ0v) is 18.6. The molecule has 1 aromatic heterocycles. The van der Waals surface area contributed by atoms with E-state index in [2.05, 4.69) is 0 Å². The first-order valence-electron chi connectivity index (χ1n) is 10.0. The lowest BCUT2D eigenvalue weighted by atomic mass is 10.2. The Morgan fingerprint density at radius 1 is 1.03 bits per heavy atom. The molecule has 2 heterocycles.